The third kappa shape index (κ3) is 2.96. The zero-order valence-corrected chi connectivity index (χ0v) is 11.3. The van der Waals surface area contributed by atoms with Crippen molar-refractivity contribution in [1.29, 1.82) is 0 Å². The quantitative estimate of drug-likeness (QED) is 0.685. The van der Waals surface area contributed by atoms with Gasteiger partial charge in [-0.1, -0.05) is 11.8 Å². The van der Waals surface area contributed by atoms with Crippen LogP contribution in [0.25, 0.3) is 0 Å². The van der Waals surface area contributed by atoms with Gasteiger partial charge in [-0.05, 0) is 12.8 Å². The van der Waals surface area contributed by atoms with Gasteiger partial charge in [-0.2, -0.15) is 0 Å². The minimum Gasteiger partial charge on any atom is -0.340 e. The van der Waals surface area contributed by atoms with Gasteiger partial charge in [0.1, 0.15) is 6.04 Å². The minimum absolute atomic E-state index is 0.120. The number of amides is 2. The van der Waals surface area contributed by atoms with Gasteiger partial charge in [0.05, 0.1) is 5.25 Å². The van der Waals surface area contributed by atoms with Gasteiger partial charge in [0.2, 0.25) is 15.9 Å². The number of nitrogens with zero attached hydrogens (tertiary/aromatic N) is 1. The molecule has 2 heterocycles. The number of carbonyl (C=O) groups is 2. The predicted molar refractivity (Wildman–Crippen MR) is 67.5 cm³/mol. The lowest BCUT2D eigenvalue weighted by Gasteiger charge is -2.32. The molecule has 102 valence electrons. The highest BCUT2D eigenvalue weighted by Crippen LogP contribution is 2.19. The van der Waals surface area contributed by atoms with Crippen molar-refractivity contribution in [3.05, 3.63) is 0 Å². The second-order valence-corrected chi connectivity index (χ2v) is 7.27. The molecule has 0 spiro atoms. The van der Waals surface area contributed by atoms with Gasteiger partial charge in [0.15, 0.2) is 0 Å². The van der Waals surface area contributed by atoms with Crippen LogP contribution in [0, 0.1) is 0 Å². The van der Waals surface area contributed by atoms with Gasteiger partial charge < -0.3 is 10.2 Å². The summed E-state index contributed by atoms with van der Waals surface area (Å²) in [6, 6.07) is -0.540. The number of primary sulfonamides is 1. The first-order valence-electron chi connectivity index (χ1n) is 5.61. The van der Waals surface area contributed by atoms with Gasteiger partial charge in [0, 0.05) is 18.8 Å². The summed E-state index contributed by atoms with van der Waals surface area (Å²) in [5.41, 5.74) is 0. The minimum atomic E-state index is -3.61. The fraction of sp³-hybridized carbons (Fsp3) is 0.778. The molecule has 2 fully saturated rings. The molecule has 3 N–H and O–H groups in total. The maximum absolute atomic E-state index is 12.1. The molecule has 2 rings (SSSR count). The fourth-order valence-corrected chi connectivity index (χ4v) is 3.80. The molecule has 2 unspecified atom stereocenters. The number of piperidine rings is 1. The molecule has 0 bridgehead atoms. The molecule has 9 heteroatoms. The van der Waals surface area contributed by atoms with Gasteiger partial charge in [-0.3, -0.25) is 9.59 Å². The van der Waals surface area contributed by atoms with Gasteiger partial charge >= 0.3 is 0 Å². The van der Waals surface area contributed by atoms with E-state index in [4.69, 9.17) is 5.14 Å². The van der Waals surface area contributed by atoms with E-state index in [9.17, 15) is 18.0 Å². The predicted octanol–water partition coefficient (Wildman–Crippen LogP) is -0.909. The van der Waals surface area contributed by atoms with Crippen molar-refractivity contribution in [3.63, 3.8) is 0 Å². The maximum Gasteiger partial charge on any atom is 0.279 e. The Morgan fingerprint density at radius 1 is 1.50 bits per heavy atom. The standard InChI is InChI=1S/C9H15N3O4S2/c10-18(15,16)6-2-1-3-12(4-6)8(13)7-5-17-9(14)11-7/h6-7H,1-5H2,(H,11,14)(H2,10,15,16). The number of likely N-dealkylation sites (tertiary alicyclic amines) is 1. The fourth-order valence-electron chi connectivity index (χ4n) is 2.14. The first-order chi connectivity index (χ1) is 8.38. The number of thioether (sulfide) groups is 1. The van der Waals surface area contributed by atoms with Crippen molar-refractivity contribution in [2.75, 3.05) is 18.8 Å². The zero-order chi connectivity index (χ0) is 13.3. The molecular formula is C9H15N3O4S2. The molecular weight excluding hydrogens is 278 g/mol. The average Bonchev–Trinajstić information content (AvgIpc) is 2.74. The molecule has 0 saturated carbocycles. The number of nitrogens with one attached hydrogen (secondary N) is 1. The SMILES string of the molecule is NS(=O)(=O)C1CCCN(C(=O)C2CSC(=O)N2)C1. The van der Waals surface area contributed by atoms with Crippen LogP contribution in [0.4, 0.5) is 4.79 Å². The summed E-state index contributed by atoms with van der Waals surface area (Å²) in [5.74, 6) is 0.176. The monoisotopic (exact) mass is 293 g/mol. The van der Waals surface area contributed by atoms with E-state index in [0.717, 1.165) is 11.8 Å². The second kappa shape index (κ2) is 5.06. The number of nitrogens with two attached hydrogens (primary N) is 1. The smallest absolute Gasteiger partial charge is 0.279 e. The summed E-state index contributed by atoms with van der Waals surface area (Å²) in [5, 5.41) is 6.76. The molecule has 18 heavy (non-hydrogen) atoms. The Hall–Kier alpha value is -0.800. The summed E-state index contributed by atoms with van der Waals surface area (Å²) in [6.07, 6.45) is 1.09. The van der Waals surface area contributed by atoms with E-state index in [0.29, 0.717) is 25.1 Å². The van der Waals surface area contributed by atoms with Gasteiger partial charge in [-0.15, -0.1) is 0 Å². The normalized spacial score (nSPS) is 29.2. The van der Waals surface area contributed by atoms with Crippen molar-refractivity contribution in [2.24, 2.45) is 5.14 Å². The lowest BCUT2D eigenvalue weighted by molar-refractivity contribution is -0.133. The lowest BCUT2D eigenvalue weighted by Crippen LogP contribution is -2.52. The molecule has 2 amide bonds. The van der Waals surface area contributed by atoms with E-state index in [1.54, 1.807) is 0 Å². The molecule has 2 aliphatic rings. The van der Waals surface area contributed by atoms with Crippen LogP contribution in [0.15, 0.2) is 0 Å². The molecule has 0 aliphatic carbocycles. The number of hydrogen-bond acceptors (Lipinski definition) is 5. The van der Waals surface area contributed by atoms with Crippen molar-refractivity contribution in [3.8, 4) is 0 Å². The van der Waals surface area contributed by atoms with Crippen molar-refractivity contribution < 1.29 is 18.0 Å². The number of carbonyl (C=O) groups excluding carboxylic acids is 2. The molecule has 0 radical (unpaired) electrons. The van der Waals surface area contributed by atoms with Crippen LogP contribution in [-0.2, 0) is 14.8 Å². The third-order valence-electron chi connectivity index (χ3n) is 3.13. The Labute approximate surface area is 110 Å². The number of sulfonamides is 1. The van der Waals surface area contributed by atoms with Crippen molar-refractivity contribution >= 4 is 32.9 Å². The van der Waals surface area contributed by atoms with Crippen LogP contribution in [0.1, 0.15) is 12.8 Å². The highest BCUT2D eigenvalue weighted by Gasteiger charge is 2.36. The molecule has 2 saturated heterocycles. The van der Waals surface area contributed by atoms with E-state index in [1.807, 2.05) is 0 Å². The molecule has 0 aromatic rings. The van der Waals surface area contributed by atoms with Crippen LogP contribution >= 0.6 is 11.8 Å². The van der Waals surface area contributed by atoms with E-state index < -0.39 is 21.3 Å². The Balaban J connectivity index is 2.01. The highest BCUT2D eigenvalue weighted by atomic mass is 32.2. The Kier molecular flexibility index (Phi) is 3.83. The third-order valence-corrected chi connectivity index (χ3v) is 5.32. The molecule has 2 atom stereocenters. The average molecular weight is 293 g/mol. The summed E-state index contributed by atoms with van der Waals surface area (Å²) in [6.45, 7) is 0.636. The van der Waals surface area contributed by atoms with Crippen LogP contribution in [-0.4, -0.2) is 54.6 Å². The Morgan fingerprint density at radius 2 is 2.22 bits per heavy atom. The van der Waals surface area contributed by atoms with Crippen molar-refractivity contribution in [1.82, 2.24) is 10.2 Å². The first-order valence-corrected chi connectivity index (χ1v) is 8.21. The summed E-state index contributed by atoms with van der Waals surface area (Å²) in [7, 11) is -3.61. The van der Waals surface area contributed by atoms with Gasteiger partial charge in [-0.25, -0.2) is 13.6 Å². The van der Waals surface area contributed by atoms with Crippen LogP contribution in [0.5, 0.6) is 0 Å². The number of rotatable bonds is 2. The Morgan fingerprint density at radius 3 is 2.78 bits per heavy atom. The lowest BCUT2D eigenvalue weighted by atomic mass is 10.1. The van der Waals surface area contributed by atoms with E-state index >= 15 is 0 Å². The largest absolute Gasteiger partial charge is 0.340 e. The zero-order valence-electron chi connectivity index (χ0n) is 9.66. The highest BCUT2D eigenvalue weighted by molar-refractivity contribution is 8.14. The second-order valence-electron chi connectivity index (χ2n) is 4.43. The molecule has 2 aliphatic heterocycles. The maximum atomic E-state index is 12.1. The van der Waals surface area contributed by atoms with Gasteiger partial charge in [0.25, 0.3) is 5.24 Å². The summed E-state index contributed by atoms with van der Waals surface area (Å²) >= 11 is 1.06. The Bertz CT molecular complexity index is 464. The van der Waals surface area contributed by atoms with E-state index in [-0.39, 0.29) is 17.7 Å². The van der Waals surface area contributed by atoms with Crippen LogP contribution < -0.4 is 10.5 Å². The van der Waals surface area contributed by atoms with E-state index in [1.165, 1.54) is 4.90 Å². The van der Waals surface area contributed by atoms with Crippen LogP contribution in [0.2, 0.25) is 0 Å². The number of hydrogen-bond donors (Lipinski definition) is 2. The van der Waals surface area contributed by atoms with Crippen molar-refractivity contribution in [2.45, 2.75) is 24.1 Å². The van der Waals surface area contributed by atoms with E-state index in [2.05, 4.69) is 5.32 Å². The molecule has 0 aromatic carbocycles. The first kappa shape index (κ1) is 13.6. The molecule has 0 aromatic heterocycles. The summed E-state index contributed by atoms with van der Waals surface area (Å²) < 4.78 is 22.6. The van der Waals surface area contributed by atoms with Crippen LogP contribution in [0.3, 0.4) is 0 Å². The summed E-state index contributed by atoms with van der Waals surface area (Å²) in [4.78, 5) is 24.6. The molecule has 7 nitrogen and oxygen atoms in total. The topological polar surface area (TPSA) is 110 Å².